The molecule has 0 bridgehead atoms. The maximum atomic E-state index is 7.50. The van der Waals surface area contributed by atoms with Crippen molar-refractivity contribution >= 4 is 0 Å². The molecule has 0 N–H and O–H groups in total. The van der Waals surface area contributed by atoms with Crippen LogP contribution >= 0.6 is 0 Å². The molecular weight excluding hydrogens is 392 g/mol. The van der Waals surface area contributed by atoms with Gasteiger partial charge in [0.05, 0.1) is 0 Å². The minimum atomic E-state index is 0. The van der Waals surface area contributed by atoms with Gasteiger partial charge in [-0.2, -0.15) is 36.4 Å². The first kappa shape index (κ1) is 49.5. The molecule has 0 spiro atoms. The average molecular weight is 402 g/mol. The van der Waals surface area contributed by atoms with E-state index in [1.54, 1.807) is 0 Å². The van der Waals surface area contributed by atoms with Crippen LogP contribution in [0.1, 0.15) is 0 Å². The van der Waals surface area contributed by atoms with Gasteiger partial charge in [-0.25, -0.2) is 24.3 Å². The minimum Gasteiger partial charge on any atom is -0.214 e. The van der Waals surface area contributed by atoms with Gasteiger partial charge >= 0.3 is 103 Å². The largest absolute Gasteiger partial charge is 5.00 e. The van der Waals surface area contributed by atoms with Crippen molar-refractivity contribution in [2.24, 2.45) is 0 Å². The quantitative estimate of drug-likeness (QED) is 0.476. The minimum absolute atomic E-state index is 0. The predicted molar refractivity (Wildman–Crippen MR) is 67.6 cm³/mol. The first-order valence-corrected chi connectivity index (χ1v) is 4.56. The fourth-order valence-electron chi connectivity index (χ4n) is 0.642. The van der Waals surface area contributed by atoms with Crippen LogP contribution in [-0.2, 0) is 62.6 Å². The van der Waals surface area contributed by atoms with Gasteiger partial charge in [0, 0.05) is 0 Å². The molecule has 0 aliphatic heterocycles. The molecule has 0 heterocycles. The predicted octanol–water partition coefficient (Wildman–Crippen LogP) is 2.58. The smallest absolute Gasteiger partial charge is 0.214 e. The van der Waals surface area contributed by atoms with Gasteiger partial charge in [-0.3, -0.25) is 0 Å². The molecular formula is C16H10Cr2O6+8. The Morgan fingerprint density at radius 2 is 0.500 bits per heavy atom. The summed E-state index contributed by atoms with van der Waals surface area (Å²) < 4.78 is 45.0. The Hall–Kier alpha value is -1.80. The molecule has 8 heteroatoms. The van der Waals surface area contributed by atoms with E-state index in [1.165, 1.54) is 0 Å². The molecule has 6 nitrogen and oxygen atoms in total. The van der Waals surface area contributed by atoms with E-state index in [0.717, 1.165) is 0 Å². The van der Waals surface area contributed by atoms with Crippen LogP contribution in [0.3, 0.4) is 0 Å². The van der Waals surface area contributed by atoms with E-state index in [9.17, 15) is 0 Å². The molecule has 2 rings (SSSR count). The normalized spacial score (nSPS) is 3.83. The van der Waals surface area contributed by atoms with Crippen molar-refractivity contribution in [3.05, 3.63) is 101 Å². The van der Waals surface area contributed by atoms with Crippen molar-refractivity contribution in [2.75, 3.05) is 0 Å². The zero-order valence-corrected chi connectivity index (χ0v) is 14.6. The third-order valence-corrected chi connectivity index (χ3v) is 1.11. The van der Waals surface area contributed by atoms with Crippen LogP contribution < -0.4 is 0 Å². The van der Waals surface area contributed by atoms with Crippen LogP contribution in [0, 0.1) is 39.9 Å². The van der Waals surface area contributed by atoms with Crippen LogP contribution in [0.4, 0.5) is 0 Å². The van der Waals surface area contributed by atoms with Gasteiger partial charge in [0.15, 0.2) is 0 Å². The van der Waals surface area contributed by atoms with E-state index in [1.807, 2.05) is 60.7 Å². The summed E-state index contributed by atoms with van der Waals surface area (Å²) in [5, 5.41) is 0. The van der Waals surface area contributed by atoms with Gasteiger partial charge in [-0.15, -0.1) is 0 Å². The molecule has 0 aliphatic rings. The van der Waals surface area contributed by atoms with Gasteiger partial charge < -0.3 is 0 Å². The Morgan fingerprint density at radius 1 is 0.375 bits per heavy atom. The standard InChI is InChI=1S/2C5H5.6CO.2Cr/c2*1-2-4-5-3-1;6*1-2;;/h2*1-5H;;;;;;;;/q2*-1;;;;;;;2*+5. The summed E-state index contributed by atoms with van der Waals surface area (Å²) in [5.41, 5.74) is 0. The maximum absolute atomic E-state index is 7.50. The number of rotatable bonds is 0. The van der Waals surface area contributed by atoms with E-state index in [-0.39, 0.29) is 34.7 Å². The molecule has 0 atom stereocenters. The number of hydrogen-bond acceptors (Lipinski definition) is 0. The Labute approximate surface area is 163 Å². The van der Waals surface area contributed by atoms with Crippen LogP contribution in [-0.4, -0.2) is 0 Å². The molecule has 2 radical (unpaired) electrons. The zero-order valence-electron chi connectivity index (χ0n) is 12.0. The van der Waals surface area contributed by atoms with E-state index in [0.29, 0.717) is 0 Å². The first-order valence-electron chi connectivity index (χ1n) is 4.56. The monoisotopic (exact) mass is 402 g/mol. The number of hydrogen-bond donors (Lipinski definition) is 0. The fraction of sp³-hybridized carbons (Fsp3) is 0. The summed E-state index contributed by atoms with van der Waals surface area (Å²) in [4.78, 5) is 0. The van der Waals surface area contributed by atoms with E-state index in [4.69, 9.17) is 27.9 Å². The molecule has 24 heavy (non-hydrogen) atoms. The van der Waals surface area contributed by atoms with Gasteiger partial charge in [0.1, 0.15) is 0 Å². The SMILES string of the molecule is [C-]#[O+].[C-]#[O+].[C-]#[O+].[C-]#[O+].[C-]#[O+].[C-]#[O+].[Cr+5].[Cr+5].c1cc[cH-]c1.c1cc[cH-]c1. The molecule has 114 valence electrons. The summed E-state index contributed by atoms with van der Waals surface area (Å²) in [6.07, 6.45) is 0. The summed E-state index contributed by atoms with van der Waals surface area (Å²) in [5.74, 6) is 0. The molecule has 0 amide bonds. The van der Waals surface area contributed by atoms with Crippen molar-refractivity contribution in [3.63, 3.8) is 0 Å². The molecule has 0 aliphatic carbocycles. The van der Waals surface area contributed by atoms with Crippen LogP contribution in [0.5, 0.6) is 0 Å². The van der Waals surface area contributed by atoms with Crippen molar-refractivity contribution in [3.8, 4) is 0 Å². The van der Waals surface area contributed by atoms with E-state index >= 15 is 0 Å². The van der Waals surface area contributed by atoms with Crippen molar-refractivity contribution in [2.45, 2.75) is 0 Å². The molecule has 0 saturated heterocycles. The van der Waals surface area contributed by atoms with Crippen molar-refractivity contribution in [1.82, 2.24) is 0 Å². The Bertz CT molecular complexity index is 329. The van der Waals surface area contributed by atoms with Crippen LogP contribution in [0.2, 0.25) is 0 Å². The summed E-state index contributed by atoms with van der Waals surface area (Å²) in [6, 6.07) is 20.0. The second-order valence-corrected chi connectivity index (χ2v) is 1.92. The molecule has 0 saturated carbocycles. The van der Waals surface area contributed by atoms with Crippen LogP contribution in [0.15, 0.2) is 60.7 Å². The Kier molecular flexibility index (Phi) is 265. The molecule has 2 aromatic rings. The second kappa shape index (κ2) is 129. The second-order valence-electron chi connectivity index (χ2n) is 1.92. The van der Waals surface area contributed by atoms with E-state index in [2.05, 4.69) is 39.9 Å². The summed E-state index contributed by atoms with van der Waals surface area (Å²) in [7, 11) is 0. The van der Waals surface area contributed by atoms with E-state index < -0.39 is 0 Å². The first-order chi connectivity index (χ1) is 11.0. The van der Waals surface area contributed by atoms with Gasteiger partial charge in [-0.1, -0.05) is 0 Å². The Balaban J connectivity index is -0.0000000213. The maximum Gasteiger partial charge on any atom is 5.00 e. The van der Waals surface area contributed by atoms with Crippen molar-refractivity contribution in [1.29, 1.82) is 0 Å². The summed E-state index contributed by atoms with van der Waals surface area (Å²) >= 11 is 0. The third-order valence-electron chi connectivity index (χ3n) is 1.11. The molecule has 0 fully saturated rings. The molecule has 0 unspecified atom stereocenters. The Morgan fingerprint density at radius 3 is 0.542 bits per heavy atom. The zero-order chi connectivity index (χ0) is 19.1. The van der Waals surface area contributed by atoms with Crippen LogP contribution in [0.25, 0.3) is 0 Å². The topological polar surface area (TPSA) is 119 Å². The van der Waals surface area contributed by atoms with Gasteiger partial charge in [-0.05, 0) is 0 Å². The molecule has 2 aromatic carbocycles. The molecule has 0 aromatic heterocycles. The fourth-order valence-corrected chi connectivity index (χ4v) is 0.642. The van der Waals surface area contributed by atoms with Gasteiger partial charge in [0.2, 0.25) is 0 Å². The van der Waals surface area contributed by atoms with Gasteiger partial charge in [0.25, 0.3) is 0 Å². The third kappa shape index (κ3) is 111. The summed E-state index contributed by atoms with van der Waals surface area (Å²) in [6.45, 7) is 27.0. The average Bonchev–Trinajstić information content (AvgIpc) is 3.43. The van der Waals surface area contributed by atoms with Crippen molar-refractivity contribution < 1.29 is 62.6 Å².